The van der Waals surface area contributed by atoms with Crippen LogP contribution in [-0.4, -0.2) is 44.1 Å². The second-order valence-electron chi connectivity index (χ2n) is 5.91. The van der Waals surface area contributed by atoms with Crippen molar-refractivity contribution in [1.29, 1.82) is 0 Å². The van der Waals surface area contributed by atoms with Crippen molar-refractivity contribution in [3.05, 3.63) is 41.7 Å². The van der Waals surface area contributed by atoms with Gasteiger partial charge in [-0.15, -0.1) is 0 Å². The predicted molar refractivity (Wildman–Crippen MR) is 77.8 cm³/mol. The fourth-order valence-corrected chi connectivity index (χ4v) is 3.15. The van der Waals surface area contributed by atoms with Crippen molar-refractivity contribution in [2.45, 2.75) is 32.1 Å². The lowest BCUT2D eigenvalue weighted by molar-refractivity contribution is 0.0640. The van der Waals surface area contributed by atoms with E-state index in [2.05, 4.69) is 27.1 Å². The summed E-state index contributed by atoms with van der Waals surface area (Å²) < 4.78 is 0. The van der Waals surface area contributed by atoms with Gasteiger partial charge in [-0.2, -0.15) is 5.10 Å². The molecule has 110 valence electrons. The number of nitrogens with one attached hydrogen (secondary N) is 1. The number of H-pyrrole nitrogens is 1. The molecule has 0 aliphatic carbocycles. The van der Waals surface area contributed by atoms with Crippen molar-refractivity contribution in [3.63, 3.8) is 0 Å². The number of hydrogen-bond acceptors (Lipinski definition) is 4. The zero-order valence-corrected chi connectivity index (χ0v) is 12.3. The molecule has 21 heavy (non-hydrogen) atoms. The molecule has 0 bridgehead atoms. The van der Waals surface area contributed by atoms with E-state index < -0.39 is 0 Å². The van der Waals surface area contributed by atoms with E-state index >= 15 is 0 Å². The van der Waals surface area contributed by atoms with Gasteiger partial charge in [0.2, 0.25) is 0 Å². The number of aromatic amines is 1. The van der Waals surface area contributed by atoms with Crippen LogP contribution in [0.2, 0.25) is 0 Å². The van der Waals surface area contributed by atoms with Crippen molar-refractivity contribution in [3.8, 4) is 0 Å². The van der Waals surface area contributed by atoms with E-state index in [1.165, 1.54) is 6.20 Å². The summed E-state index contributed by atoms with van der Waals surface area (Å²) in [7, 11) is 0. The van der Waals surface area contributed by atoms with Gasteiger partial charge in [0.15, 0.2) is 0 Å². The van der Waals surface area contributed by atoms with Crippen LogP contribution in [0.1, 0.15) is 41.5 Å². The highest BCUT2D eigenvalue weighted by molar-refractivity contribution is 5.92. The Balaban J connectivity index is 1.83. The zero-order valence-electron chi connectivity index (χ0n) is 12.3. The van der Waals surface area contributed by atoms with Crippen LogP contribution < -0.4 is 0 Å². The molecule has 2 aromatic heterocycles. The average molecular weight is 285 g/mol. The Hall–Kier alpha value is -2.24. The largest absolute Gasteiger partial charge is 0.336 e. The predicted octanol–water partition coefficient (Wildman–Crippen LogP) is 1.70. The molecule has 1 N–H and O–H groups in total. The summed E-state index contributed by atoms with van der Waals surface area (Å²) in [6, 6.07) is 0. The summed E-state index contributed by atoms with van der Waals surface area (Å²) >= 11 is 0. The Morgan fingerprint density at radius 2 is 2.24 bits per heavy atom. The molecule has 1 unspecified atom stereocenters. The number of hydrogen-bond donors (Lipinski definition) is 1. The van der Waals surface area contributed by atoms with E-state index in [0.717, 1.165) is 30.6 Å². The van der Waals surface area contributed by atoms with Crippen LogP contribution in [0.3, 0.4) is 0 Å². The summed E-state index contributed by atoms with van der Waals surface area (Å²) in [5.41, 5.74) is 2.59. The van der Waals surface area contributed by atoms with Crippen LogP contribution in [0.5, 0.6) is 0 Å². The SMILES string of the molecule is Cc1cn[nH]c1C1(C)CCCN(C(=O)c2cnccn2)C1. The van der Waals surface area contributed by atoms with Crippen LogP contribution in [0.4, 0.5) is 0 Å². The number of amides is 1. The third-order valence-electron chi connectivity index (χ3n) is 4.20. The van der Waals surface area contributed by atoms with Gasteiger partial charge in [-0.05, 0) is 25.3 Å². The normalized spacial score (nSPS) is 22.3. The summed E-state index contributed by atoms with van der Waals surface area (Å²) in [6.45, 7) is 5.67. The standard InChI is InChI=1S/C15H19N5O/c1-11-8-18-19-13(11)15(2)4-3-7-20(10-15)14(21)12-9-16-5-6-17-12/h5-6,8-9H,3-4,7,10H2,1-2H3,(H,18,19). The molecule has 0 spiro atoms. The van der Waals surface area contributed by atoms with E-state index in [0.29, 0.717) is 12.2 Å². The summed E-state index contributed by atoms with van der Waals surface area (Å²) in [5, 5.41) is 7.22. The highest BCUT2D eigenvalue weighted by atomic mass is 16.2. The maximum atomic E-state index is 12.5. The fraction of sp³-hybridized carbons (Fsp3) is 0.467. The third-order valence-corrected chi connectivity index (χ3v) is 4.20. The topological polar surface area (TPSA) is 74.8 Å². The van der Waals surface area contributed by atoms with Gasteiger partial charge < -0.3 is 4.90 Å². The molecule has 3 heterocycles. The molecule has 6 nitrogen and oxygen atoms in total. The average Bonchev–Trinajstić information content (AvgIpc) is 2.94. The van der Waals surface area contributed by atoms with Crippen LogP contribution in [0, 0.1) is 6.92 Å². The zero-order chi connectivity index (χ0) is 14.9. The molecule has 0 aromatic carbocycles. The first-order chi connectivity index (χ1) is 10.1. The maximum Gasteiger partial charge on any atom is 0.274 e. The smallest absolute Gasteiger partial charge is 0.274 e. The van der Waals surface area contributed by atoms with Crippen molar-refractivity contribution in [1.82, 2.24) is 25.1 Å². The Bertz CT molecular complexity index is 639. The number of carbonyl (C=O) groups excluding carboxylic acids is 1. The van der Waals surface area contributed by atoms with Crippen LogP contribution in [0.15, 0.2) is 24.8 Å². The maximum absolute atomic E-state index is 12.5. The molecule has 1 amide bonds. The van der Waals surface area contributed by atoms with Gasteiger partial charge in [0.1, 0.15) is 5.69 Å². The van der Waals surface area contributed by atoms with Crippen LogP contribution >= 0.6 is 0 Å². The van der Waals surface area contributed by atoms with Gasteiger partial charge >= 0.3 is 0 Å². The van der Waals surface area contributed by atoms with Gasteiger partial charge in [0.05, 0.1) is 12.4 Å². The first-order valence-corrected chi connectivity index (χ1v) is 7.16. The summed E-state index contributed by atoms with van der Waals surface area (Å²) in [5.74, 6) is -0.0498. The molecule has 0 saturated carbocycles. The summed E-state index contributed by atoms with van der Waals surface area (Å²) in [6.07, 6.45) is 8.50. The second-order valence-corrected chi connectivity index (χ2v) is 5.91. The number of rotatable bonds is 2. The molecule has 6 heteroatoms. The molecular formula is C15H19N5O. The lowest BCUT2D eigenvalue weighted by Crippen LogP contribution is -2.47. The number of carbonyl (C=O) groups is 1. The van der Waals surface area contributed by atoms with Crippen molar-refractivity contribution >= 4 is 5.91 Å². The summed E-state index contributed by atoms with van der Waals surface area (Å²) in [4.78, 5) is 22.5. The molecule has 1 fully saturated rings. The van der Waals surface area contributed by atoms with Gasteiger partial charge in [-0.3, -0.25) is 14.9 Å². The number of piperidine rings is 1. The Kier molecular flexibility index (Phi) is 3.45. The molecule has 3 rings (SSSR count). The van der Waals surface area contributed by atoms with E-state index in [1.54, 1.807) is 12.4 Å². The van der Waals surface area contributed by atoms with E-state index in [9.17, 15) is 4.79 Å². The van der Waals surface area contributed by atoms with Crippen molar-refractivity contribution < 1.29 is 4.79 Å². The number of aryl methyl sites for hydroxylation is 1. The first kappa shape index (κ1) is 13.7. The van der Waals surface area contributed by atoms with Crippen LogP contribution in [-0.2, 0) is 5.41 Å². The molecule has 1 aliphatic rings. The Labute approximate surface area is 123 Å². The number of aromatic nitrogens is 4. The van der Waals surface area contributed by atoms with Gasteiger partial charge in [-0.1, -0.05) is 6.92 Å². The highest BCUT2D eigenvalue weighted by Gasteiger charge is 2.37. The minimum atomic E-state index is -0.0866. The molecule has 1 aliphatic heterocycles. The van der Waals surface area contributed by atoms with Gasteiger partial charge in [0.25, 0.3) is 5.91 Å². The Morgan fingerprint density at radius 1 is 1.38 bits per heavy atom. The van der Waals surface area contributed by atoms with E-state index in [-0.39, 0.29) is 11.3 Å². The third kappa shape index (κ3) is 2.53. The van der Waals surface area contributed by atoms with Crippen molar-refractivity contribution in [2.24, 2.45) is 0 Å². The molecule has 1 saturated heterocycles. The quantitative estimate of drug-likeness (QED) is 0.911. The molecule has 2 aromatic rings. The van der Waals surface area contributed by atoms with E-state index in [1.807, 2.05) is 18.0 Å². The molecule has 1 atom stereocenters. The molecule has 0 radical (unpaired) electrons. The lowest BCUT2D eigenvalue weighted by Gasteiger charge is -2.40. The molecular weight excluding hydrogens is 266 g/mol. The fourth-order valence-electron chi connectivity index (χ4n) is 3.15. The first-order valence-electron chi connectivity index (χ1n) is 7.16. The lowest BCUT2D eigenvalue weighted by atomic mass is 9.77. The highest BCUT2D eigenvalue weighted by Crippen LogP contribution is 2.34. The second kappa shape index (κ2) is 5.27. The number of likely N-dealkylation sites (tertiary alicyclic amines) is 1. The van der Waals surface area contributed by atoms with Gasteiger partial charge in [0, 0.05) is 36.6 Å². The minimum Gasteiger partial charge on any atom is -0.336 e. The monoisotopic (exact) mass is 285 g/mol. The minimum absolute atomic E-state index is 0.0498. The van der Waals surface area contributed by atoms with E-state index in [4.69, 9.17) is 0 Å². The van der Waals surface area contributed by atoms with Gasteiger partial charge in [-0.25, -0.2) is 4.98 Å². The number of nitrogens with zero attached hydrogens (tertiary/aromatic N) is 4. The Morgan fingerprint density at radius 3 is 2.90 bits per heavy atom. The van der Waals surface area contributed by atoms with Crippen molar-refractivity contribution in [2.75, 3.05) is 13.1 Å². The van der Waals surface area contributed by atoms with Crippen LogP contribution in [0.25, 0.3) is 0 Å².